The lowest BCUT2D eigenvalue weighted by Gasteiger charge is -2.47. The standard InChI is InChI=1S/C14H21N3O4/c1-3-21-13(19)8-6-9(7-4-5-7)15-11-10(8)12(18)16-14(20)17(11)2/h7-11,15H,3-6H2,1-2H3,(H,16,18,20). The van der Waals surface area contributed by atoms with Crippen LogP contribution in [0.2, 0.25) is 0 Å². The first-order valence-corrected chi connectivity index (χ1v) is 7.53. The number of urea groups is 1. The molecule has 7 heteroatoms. The van der Waals surface area contributed by atoms with E-state index in [1.54, 1.807) is 14.0 Å². The Bertz CT molecular complexity index is 477. The predicted octanol–water partition coefficient (Wildman–Crippen LogP) is 0.0615. The summed E-state index contributed by atoms with van der Waals surface area (Å²) in [6, 6.07) is -0.255. The molecule has 0 spiro atoms. The zero-order valence-electron chi connectivity index (χ0n) is 12.3. The Hall–Kier alpha value is -1.63. The number of hydrogen-bond donors (Lipinski definition) is 2. The molecule has 4 atom stereocenters. The zero-order valence-corrected chi connectivity index (χ0v) is 12.3. The van der Waals surface area contributed by atoms with Gasteiger partial charge in [0.15, 0.2) is 0 Å². The highest BCUT2D eigenvalue weighted by molar-refractivity contribution is 6.00. The molecule has 7 nitrogen and oxygen atoms in total. The van der Waals surface area contributed by atoms with Crippen LogP contribution in [-0.4, -0.2) is 48.7 Å². The van der Waals surface area contributed by atoms with Crippen molar-refractivity contribution in [2.45, 2.75) is 38.4 Å². The highest BCUT2D eigenvalue weighted by Crippen LogP contribution is 2.41. The number of nitrogens with zero attached hydrogens (tertiary/aromatic N) is 1. The van der Waals surface area contributed by atoms with E-state index in [1.807, 2.05) is 0 Å². The lowest BCUT2D eigenvalue weighted by molar-refractivity contribution is -0.158. The topological polar surface area (TPSA) is 87.7 Å². The van der Waals surface area contributed by atoms with Gasteiger partial charge in [-0.1, -0.05) is 0 Å². The van der Waals surface area contributed by atoms with Gasteiger partial charge >= 0.3 is 12.0 Å². The first-order valence-electron chi connectivity index (χ1n) is 7.53. The van der Waals surface area contributed by atoms with Gasteiger partial charge in [-0.15, -0.1) is 0 Å². The summed E-state index contributed by atoms with van der Waals surface area (Å²) in [6.07, 6.45) is 2.43. The molecule has 2 heterocycles. The molecule has 116 valence electrons. The fourth-order valence-electron chi connectivity index (χ4n) is 3.43. The summed E-state index contributed by atoms with van der Waals surface area (Å²) in [6.45, 7) is 2.05. The molecule has 0 radical (unpaired) electrons. The number of piperidine rings is 1. The number of nitrogens with one attached hydrogen (secondary N) is 2. The minimum absolute atomic E-state index is 0.168. The largest absolute Gasteiger partial charge is 0.466 e. The molecule has 0 aromatic carbocycles. The summed E-state index contributed by atoms with van der Waals surface area (Å²) in [7, 11) is 1.64. The monoisotopic (exact) mass is 295 g/mol. The van der Waals surface area contributed by atoms with Crippen LogP contribution in [0.1, 0.15) is 26.2 Å². The Morgan fingerprint density at radius 1 is 1.38 bits per heavy atom. The van der Waals surface area contributed by atoms with Crippen LogP contribution in [0.15, 0.2) is 0 Å². The minimum atomic E-state index is -0.582. The molecule has 4 unspecified atom stereocenters. The summed E-state index contributed by atoms with van der Waals surface area (Å²) in [5.41, 5.74) is 0. The van der Waals surface area contributed by atoms with E-state index in [9.17, 15) is 14.4 Å². The summed E-state index contributed by atoms with van der Waals surface area (Å²) in [5.74, 6) is -1.25. The predicted molar refractivity (Wildman–Crippen MR) is 73.0 cm³/mol. The van der Waals surface area contributed by atoms with Gasteiger partial charge in [-0.05, 0) is 32.1 Å². The SMILES string of the molecule is CCOC(=O)C1CC(C2CC2)NC2C1C(=O)NC(=O)N2C. The Morgan fingerprint density at radius 3 is 2.71 bits per heavy atom. The quantitative estimate of drug-likeness (QED) is 0.719. The van der Waals surface area contributed by atoms with Crippen molar-refractivity contribution < 1.29 is 19.1 Å². The molecule has 0 aromatic heterocycles. The van der Waals surface area contributed by atoms with Crippen molar-refractivity contribution in [2.24, 2.45) is 17.8 Å². The molecule has 21 heavy (non-hydrogen) atoms. The maximum Gasteiger partial charge on any atom is 0.325 e. The van der Waals surface area contributed by atoms with Crippen LogP contribution in [0.5, 0.6) is 0 Å². The van der Waals surface area contributed by atoms with Gasteiger partial charge in [-0.2, -0.15) is 0 Å². The third-order valence-corrected chi connectivity index (χ3v) is 4.72. The number of imide groups is 1. The lowest BCUT2D eigenvalue weighted by atomic mass is 9.77. The fourth-order valence-corrected chi connectivity index (χ4v) is 3.43. The van der Waals surface area contributed by atoms with E-state index in [0.717, 1.165) is 12.8 Å². The van der Waals surface area contributed by atoms with Crippen molar-refractivity contribution in [1.29, 1.82) is 0 Å². The van der Waals surface area contributed by atoms with Crippen molar-refractivity contribution >= 4 is 17.9 Å². The van der Waals surface area contributed by atoms with Crippen LogP contribution in [0.3, 0.4) is 0 Å². The molecule has 0 aromatic rings. The van der Waals surface area contributed by atoms with Crippen LogP contribution >= 0.6 is 0 Å². The average Bonchev–Trinajstić information content (AvgIpc) is 3.28. The van der Waals surface area contributed by atoms with Crippen molar-refractivity contribution in [3.05, 3.63) is 0 Å². The summed E-state index contributed by atoms with van der Waals surface area (Å²) in [4.78, 5) is 37.7. The van der Waals surface area contributed by atoms with Gasteiger partial charge in [-0.3, -0.25) is 20.2 Å². The van der Waals surface area contributed by atoms with Crippen molar-refractivity contribution in [1.82, 2.24) is 15.5 Å². The normalized spacial score (nSPS) is 36.0. The minimum Gasteiger partial charge on any atom is -0.466 e. The molecule has 2 N–H and O–H groups in total. The van der Waals surface area contributed by atoms with Crippen LogP contribution < -0.4 is 10.6 Å². The summed E-state index contributed by atoms with van der Waals surface area (Å²) in [5, 5.41) is 5.71. The van der Waals surface area contributed by atoms with Gasteiger partial charge < -0.3 is 9.64 Å². The number of carbonyl (C=O) groups is 3. The fraction of sp³-hybridized carbons (Fsp3) is 0.786. The van der Waals surface area contributed by atoms with E-state index in [1.165, 1.54) is 4.90 Å². The molecule has 1 saturated carbocycles. The first kappa shape index (κ1) is 14.3. The molecule has 3 aliphatic rings. The smallest absolute Gasteiger partial charge is 0.325 e. The highest BCUT2D eigenvalue weighted by atomic mass is 16.5. The average molecular weight is 295 g/mol. The van der Waals surface area contributed by atoms with Gasteiger partial charge in [0.05, 0.1) is 24.6 Å². The van der Waals surface area contributed by atoms with E-state index in [-0.39, 0.29) is 17.9 Å². The van der Waals surface area contributed by atoms with E-state index >= 15 is 0 Å². The van der Waals surface area contributed by atoms with E-state index in [2.05, 4.69) is 10.6 Å². The number of fused-ring (bicyclic) bond motifs is 1. The van der Waals surface area contributed by atoms with Gasteiger partial charge in [0, 0.05) is 13.1 Å². The second-order valence-corrected chi connectivity index (χ2v) is 6.08. The number of hydrogen-bond acceptors (Lipinski definition) is 5. The zero-order chi connectivity index (χ0) is 15.1. The molecule has 1 aliphatic carbocycles. The van der Waals surface area contributed by atoms with E-state index in [4.69, 9.17) is 4.74 Å². The summed E-state index contributed by atoms with van der Waals surface area (Å²) >= 11 is 0. The van der Waals surface area contributed by atoms with E-state index < -0.39 is 24.0 Å². The molecule has 2 saturated heterocycles. The van der Waals surface area contributed by atoms with Crippen LogP contribution in [-0.2, 0) is 14.3 Å². The summed E-state index contributed by atoms with van der Waals surface area (Å²) < 4.78 is 5.14. The molecule has 0 bridgehead atoms. The van der Waals surface area contributed by atoms with Gasteiger partial charge in [0.2, 0.25) is 5.91 Å². The molecule has 2 aliphatic heterocycles. The lowest BCUT2D eigenvalue weighted by Crippen LogP contribution is -2.70. The Labute approximate surface area is 123 Å². The Balaban J connectivity index is 1.87. The highest BCUT2D eigenvalue weighted by Gasteiger charge is 2.53. The van der Waals surface area contributed by atoms with Gasteiger partial charge in [0.1, 0.15) is 0 Å². The Morgan fingerprint density at radius 2 is 2.10 bits per heavy atom. The molecule has 3 rings (SSSR count). The van der Waals surface area contributed by atoms with Gasteiger partial charge in [0.25, 0.3) is 0 Å². The number of esters is 1. The molecular formula is C14H21N3O4. The maximum absolute atomic E-state index is 12.2. The van der Waals surface area contributed by atoms with Crippen molar-refractivity contribution in [2.75, 3.05) is 13.7 Å². The van der Waals surface area contributed by atoms with Crippen molar-refractivity contribution in [3.63, 3.8) is 0 Å². The molecule has 3 fully saturated rings. The maximum atomic E-state index is 12.2. The number of amides is 3. The van der Waals surface area contributed by atoms with Gasteiger partial charge in [-0.25, -0.2) is 4.79 Å². The number of rotatable bonds is 3. The first-order chi connectivity index (χ1) is 10.0. The number of ether oxygens (including phenoxy) is 1. The van der Waals surface area contributed by atoms with Crippen LogP contribution in [0.4, 0.5) is 4.79 Å². The number of carbonyl (C=O) groups excluding carboxylic acids is 3. The van der Waals surface area contributed by atoms with Crippen LogP contribution in [0, 0.1) is 17.8 Å². The molecule has 3 amide bonds. The third-order valence-electron chi connectivity index (χ3n) is 4.72. The van der Waals surface area contributed by atoms with Crippen molar-refractivity contribution in [3.8, 4) is 0 Å². The second kappa shape index (κ2) is 5.29. The molecular weight excluding hydrogens is 274 g/mol. The van der Waals surface area contributed by atoms with E-state index in [0.29, 0.717) is 18.9 Å². The third kappa shape index (κ3) is 2.50. The Kier molecular flexibility index (Phi) is 3.61. The van der Waals surface area contributed by atoms with Crippen LogP contribution in [0.25, 0.3) is 0 Å². The second-order valence-electron chi connectivity index (χ2n) is 6.08.